The highest BCUT2D eigenvalue weighted by Crippen LogP contribution is 2.38. The molecule has 0 atom stereocenters. The number of amides is 1. The normalized spacial score (nSPS) is 12.2. The second kappa shape index (κ2) is 9.26. The maximum absolute atomic E-state index is 13.3. The third-order valence-corrected chi connectivity index (χ3v) is 4.96. The molecule has 34 heavy (non-hydrogen) atoms. The van der Waals surface area contributed by atoms with Crippen LogP contribution >= 0.6 is 0 Å². The van der Waals surface area contributed by atoms with Gasteiger partial charge in [-0.05, 0) is 47.5 Å². The predicted octanol–water partition coefficient (Wildman–Crippen LogP) is 5.11. The molecule has 0 aromatic heterocycles. The number of rotatable bonds is 6. The molecule has 0 bridgehead atoms. The van der Waals surface area contributed by atoms with Crippen LogP contribution in [-0.2, 0) is 22.7 Å². The van der Waals surface area contributed by atoms with E-state index in [-0.39, 0.29) is 11.4 Å². The van der Waals surface area contributed by atoms with Crippen LogP contribution < -0.4 is 15.6 Å². The number of carbonyl (C=O) groups is 1. The van der Waals surface area contributed by atoms with Crippen molar-refractivity contribution in [2.75, 3.05) is 12.5 Å². The number of anilines is 1. The van der Waals surface area contributed by atoms with Crippen LogP contribution in [0.5, 0.6) is 5.75 Å². The number of alkyl halides is 6. The second-order valence-electron chi connectivity index (χ2n) is 7.15. The molecule has 180 valence electrons. The van der Waals surface area contributed by atoms with Crippen molar-refractivity contribution in [2.24, 2.45) is 0 Å². The van der Waals surface area contributed by atoms with E-state index in [9.17, 15) is 36.2 Å². The van der Waals surface area contributed by atoms with Gasteiger partial charge in [-0.1, -0.05) is 36.4 Å². The number of carbonyl (C=O) groups excluding carboxylic acids is 1. The Morgan fingerprint density at radius 2 is 1.24 bits per heavy atom. The summed E-state index contributed by atoms with van der Waals surface area (Å²) in [6.07, 6.45) is -9.65. The second-order valence-corrected chi connectivity index (χ2v) is 7.15. The molecular formula is C23H18F6N2O3. The van der Waals surface area contributed by atoms with Crippen LogP contribution in [0.15, 0.2) is 72.8 Å². The van der Waals surface area contributed by atoms with Crippen LogP contribution in [0.2, 0.25) is 0 Å². The molecule has 0 aliphatic heterocycles. The van der Waals surface area contributed by atoms with Gasteiger partial charge < -0.3 is 9.84 Å². The van der Waals surface area contributed by atoms with E-state index in [0.717, 1.165) is 24.3 Å². The minimum Gasteiger partial charge on any atom is -0.495 e. The third kappa shape index (κ3) is 5.09. The SMILES string of the molecule is COc1ccccc1NNC(=O)C(O)(c1cccc(C(F)(F)F)c1)c1cccc(C(F)(F)F)c1. The summed E-state index contributed by atoms with van der Waals surface area (Å²) in [5.74, 6) is -1.04. The van der Waals surface area contributed by atoms with Crippen molar-refractivity contribution in [3.05, 3.63) is 95.1 Å². The van der Waals surface area contributed by atoms with Crippen molar-refractivity contribution in [2.45, 2.75) is 18.0 Å². The highest BCUT2D eigenvalue weighted by molar-refractivity contribution is 5.91. The van der Waals surface area contributed by atoms with Crippen LogP contribution in [0.4, 0.5) is 32.0 Å². The summed E-state index contributed by atoms with van der Waals surface area (Å²) in [4.78, 5) is 13.1. The Labute approximate surface area is 190 Å². The van der Waals surface area contributed by atoms with Crippen molar-refractivity contribution in [1.29, 1.82) is 0 Å². The van der Waals surface area contributed by atoms with Gasteiger partial charge >= 0.3 is 12.4 Å². The molecule has 0 heterocycles. The topological polar surface area (TPSA) is 70.6 Å². The van der Waals surface area contributed by atoms with E-state index >= 15 is 0 Å². The van der Waals surface area contributed by atoms with Crippen molar-refractivity contribution < 1.29 is 41.0 Å². The number of hydrazine groups is 1. The van der Waals surface area contributed by atoms with Gasteiger partial charge in [-0.25, -0.2) is 0 Å². The molecule has 0 saturated heterocycles. The van der Waals surface area contributed by atoms with E-state index in [1.54, 1.807) is 18.2 Å². The summed E-state index contributed by atoms with van der Waals surface area (Å²) in [6.45, 7) is 0. The molecule has 0 aliphatic carbocycles. The number of para-hydroxylation sites is 2. The Kier molecular flexibility index (Phi) is 6.78. The molecule has 0 spiro atoms. The van der Waals surface area contributed by atoms with Gasteiger partial charge in [0.1, 0.15) is 5.75 Å². The fourth-order valence-corrected chi connectivity index (χ4v) is 3.23. The first-order chi connectivity index (χ1) is 15.9. The van der Waals surface area contributed by atoms with Gasteiger partial charge in [0.05, 0.1) is 23.9 Å². The molecule has 1 amide bonds. The van der Waals surface area contributed by atoms with Gasteiger partial charge in [-0.2, -0.15) is 26.3 Å². The van der Waals surface area contributed by atoms with Crippen LogP contribution in [0.3, 0.4) is 0 Å². The lowest BCUT2D eigenvalue weighted by Gasteiger charge is -2.29. The van der Waals surface area contributed by atoms with Crippen LogP contribution in [0, 0.1) is 0 Å². The molecule has 3 rings (SSSR count). The van der Waals surface area contributed by atoms with Crippen molar-refractivity contribution in [3.8, 4) is 5.75 Å². The Bertz CT molecular complexity index is 1120. The van der Waals surface area contributed by atoms with E-state index in [4.69, 9.17) is 4.74 Å². The summed E-state index contributed by atoms with van der Waals surface area (Å²) in [6, 6.07) is 12.6. The number of ether oxygens (including phenoxy) is 1. The molecule has 3 N–H and O–H groups in total. The number of halogens is 6. The highest BCUT2D eigenvalue weighted by atomic mass is 19.4. The first-order valence-corrected chi connectivity index (χ1v) is 9.64. The van der Waals surface area contributed by atoms with Gasteiger partial charge in [0.25, 0.3) is 5.91 Å². The molecule has 5 nitrogen and oxygen atoms in total. The average molecular weight is 484 g/mol. The molecule has 3 aromatic rings. The summed E-state index contributed by atoms with van der Waals surface area (Å²) in [5.41, 5.74) is -1.62. The Morgan fingerprint density at radius 1 is 0.765 bits per heavy atom. The van der Waals surface area contributed by atoms with Gasteiger partial charge in [0.2, 0.25) is 0 Å². The van der Waals surface area contributed by atoms with Crippen LogP contribution in [0.25, 0.3) is 0 Å². The van der Waals surface area contributed by atoms with E-state index in [1.807, 2.05) is 0 Å². The number of aliphatic hydroxyl groups is 1. The monoisotopic (exact) mass is 484 g/mol. The van der Waals surface area contributed by atoms with Crippen LogP contribution in [0.1, 0.15) is 22.3 Å². The zero-order valence-electron chi connectivity index (χ0n) is 17.5. The smallest absolute Gasteiger partial charge is 0.416 e. The van der Waals surface area contributed by atoms with E-state index in [2.05, 4.69) is 10.9 Å². The Balaban J connectivity index is 2.10. The van der Waals surface area contributed by atoms with Gasteiger partial charge in [0, 0.05) is 0 Å². The molecule has 0 aliphatic rings. The number of hydrogen-bond donors (Lipinski definition) is 3. The molecule has 3 aromatic carbocycles. The van der Waals surface area contributed by atoms with Gasteiger partial charge in [0.15, 0.2) is 5.60 Å². The summed E-state index contributed by atoms with van der Waals surface area (Å²) < 4.78 is 84.8. The lowest BCUT2D eigenvalue weighted by molar-refractivity contribution is -0.140. The standard InChI is InChI=1S/C23H18F6N2O3/c1-34-19-11-3-2-10-18(19)30-31-20(32)21(33,14-6-4-8-16(12-14)22(24,25)26)15-7-5-9-17(13-15)23(27,28)29/h2-13,30,33H,1H3,(H,31,32). The van der Waals surface area contributed by atoms with E-state index in [0.29, 0.717) is 24.3 Å². The maximum atomic E-state index is 13.3. The van der Waals surface area contributed by atoms with Crippen molar-refractivity contribution >= 4 is 11.6 Å². The van der Waals surface area contributed by atoms with Crippen molar-refractivity contribution in [1.82, 2.24) is 5.43 Å². The minimum atomic E-state index is -4.82. The van der Waals surface area contributed by atoms with E-state index in [1.165, 1.54) is 13.2 Å². The summed E-state index contributed by atoms with van der Waals surface area (Å²) >= 11 is 0. The predicted molar refractivity (Wildman–Crippen MR) is 111 cm³/mol. The Hall–Kier alpha value is -3.73. The first-order valence-electron chi connectivity index (χ1n) is 9.64. The third-order valence-electron chi connectivity index (χ3n) is 4.96. The molecule has 0 radical (unpaired) electrons. The highest BCUT2D eigenvalue weighted by Gasteiger charge is 2.43. The summed E-state index contributed by atoms with van der Waals surface area (Å²) in [5, 5.41) is 11.4. The number of methoxy groups -OCH3 is 1. The maximum Gasteiger partial charge on any atom is 0.416 e. The number of benzene rings is 3. The quantitative estimate of drug-likeness (QED) is 0.336. The number of hydrogen-bond acceptors (Lipinski definition) is 4. The van der Waals surface area contributed by atoms with Gasteiger partial charge in [-0.3, -0.25) is 15.6 Å². The fraction of sp³-hybridized carbons (Fsp3) is 0.174. The lowest BCUT2D eigenvalue weighted by Crippen LogP contribution is -2.47. The van der Waals surface area contributed by atoms with Gasteiger partial charge in [-0.15, -0.1) is 0 Å². The number of nitrogens with one attached hydrogen (secondary N) is 2. The summed E-state index contributed by atoms with van der Waals surface area (Å²) in [7, 11) is 1.35. The zero-order valence-corrected chi connectivity index (χ0v) is 17.5. The molecule has 0 saturated carbocycles. The fourth-order valence-electron chi connectivity index (χ4n) is 3.23. The minimum absolute atomic E-state index is 0.230. The van der Waals surface area contributed by atoms with E-state index < -0.39 is 46.1 Å². The largest absolute Gasteiger partial charge is 0.495 e. The average Bonchev–Trinajstić information content (AvgIpc) is 2.81. The molecule has 0 unspecified atom stereocenters. The zero-order chi connectivity index (χ0) is 25.1. The first kappa shape index (κ1) is 24.9. The van der Waals surface area contributed by atoms with Crippen molar-refractivity contribution in [3.63, 3.8) is 0 Å². The molecular weight excluding hydrogens is 466 g/mol. The lowest BCUT2D eigenvalue weighted by atomic mass is 9.84. The molecule has 0 fully saturated rings. The Morgan fingerprint density at radius 3 is 1.71 bits per heavy atom. The van der Waals surface area contributed by atoms with Crippen LogP contribution in [-0.4, -0.2) is 18.1 Å². The molecule has 11 heteroatoms.